The molecule has 1 fully saturated rings. The number of hydrogen-bond donors (Lipinski definition) is 1. The molecule has 138 valence electrons. The molecule has 0 bridgehead atoms. The normalized spacial score (nSPS) is 15.7. The second-order valence-corrected chi connectivity index (χ2v) is 6.68. The molecule has 0 saturated heterocycles. The number of amides is 1. The second kappa shape index (κ2) is 9.17. The summed E-state index contributed by atoms with van der Waals surface area (Å²) in [4.78, 5) is 24.2. The fourth-order valence-corrected chi connectivity index (χ4v) is 3.26. The van der Waals surface area contributed by atoms with Crippen LogP contribution in [0.4, 0.5) is 0 Å². The Hall–Kier alpha value is -2.63. The molecule has 2 aromatic rings. The Balaban J connectivity index is 1.46. The molecular formula is C20H25N3O3. The van der Waals surface area contributed by atoms with Gasteiger partial charge in [-0.25, -0.2) is 9.48 Å². The van der Waals surface area contributed by atoms with Gasteiger partial charge in [0.05, 0.1) is 11.3 Å². The van der Waals surface area contributed by atoms with Gasteiger partial charge in [0.15, 0.2) is 6.61 Å². The van der Waals surface area contributed by atoms with Crippen LogP contribution in [0.1, 0.15) is 55.3 Å². The van der Waals surface area contributed by atoms with Crippen molar-refractivity contribution in [3.8, 4) is 5.69 Å². The van der Waals surface area contributed by atoms with E-state index < -0.39 is 5.97 Å². The minimum Gasteiger partial charge on any atom is -0.452 e. The van der Waals surface area contributed by atoms with E-state index >= 15 is 0 Å². The standard InChI is InChI=1S/C20H25N3O3/c24-19(22-17-7-4-2-1-3-5-8-17)15-26-20(25)16-9-11-18(12-10-16)23-14-6-13-21-23/h6,9-14,17H,1-5,7-8,15H2,(H,22,24). The van der Waals surface area contributed by atoms with Crippen molar-refractivity contribution in [2.24, 2.45) is 0 Å². The van der Waals surface area contributed by atoms with Crippen molar-refractivity contribution in [2.45, 2.75) is 51.0 Å². The zero-order chi connectivity index (χ0) is 18.2. The number of esters is 1. The fraction of sp³-hybridized carbons (Fsp3) is 0.450. The highest BCUT2D eigenvalue weighted by Crippen LogP contribution is 2.17. The molecule has 1 N–H and O–H groups in total. The number of nitrogens with zero attached hydrogens (tertiary/aromatic N) is 2. The highest BCUT2D eigenvalue weighted by molar-refractivity contribution is 5.91. The molecule has 1 aromatic carbocycles. The molecule has 1 amide bonds. The summed E-state index contributed by atoms with van der Waals surface area (Å²) in [5.74, 6) is -0.720. The minimum absolute atomic E-state index is 0.204. The van der Waals surface area contributed by atoms with Crippen molar-refractivity contribution in [3.05, 3.63) is 48.3 Å². The summed E-state index contributed by atoms with van der Waals surface area (Å²) in [5, 5.41) is 7.13. The van der Waals surface area contributed by atoms with Crippen LogP contribution in [0.25, 0.3) is 5.69 Å². The largest absolute Gasteiger partial charge is 0.452 e. The van der Waals surface area contributed by atoms with Crippen molar-refractivity contribution in [3.63, 3.8) is 0 Å². The van der Waals surface area contributed by atoms with Crippen LogP contribution in [0, 0.1) is 0 Å². The van der Waals surface area contributed by atoms with Gasteiger partial charge < -0.3 is 10.1 Å². The predicted octanol–water partition coefficient (Wildman–Crippen LogP) is 3.26. The molecule has 1 aliphatic carbocycles. The van der Waals surface area contributed by atoms with E-state index in [1.165, 1.54) is 19.3 Å². The number of aromatic nitrogens is 2. The van der Waals surface area contributed by atoms with Gasteiger partial charge in [0, 0.05) is 18.4 Å². The van der Waals surface area contributed by atoms with E-state index in [1.54, 1.807) is 35.1 Å². The van der Waals surface area contributed by atoms with Crippen LogP contribution >= 0.6 is 0 Å². The zero-order valence-corrected chi connectivity index (χ0v) is 14.9. The van der Waals surface area contributed by atoms with Crippen LogP contribution in [0.5, 0.6) is 0 Å². The summed E-state index contributed by atoms with van der Waals surface area (Å²) in [7, 11) is 0. The first-order chi connectivity index (χ1) is 12.7. The van der Waals surface area contributed by atoms with Crippen LogP contribution < -0.4 is 5.32 Å². The molecule has 1 heterocycles. The molecule has 26 heavy (non-hydrogen) atoms. The van der Waals surface area contributed by atoms with E-state index in [2.05, 4.69) is 10.4 Å². The van der Waals surface area contributed by atoms with Gasteiger partial charge in [-0.2, -0.15) is 5.10 Å². The molecule has 1 saturated carbocycles. The zero-order valence-electron chi connectivity index (χ0n) is 14.9. The van der Waals surface area contributed by atoms with Gasteiger partial charge in [0.2, 0.25) is 0 Å². The number of benzene rings is 1. The monoisotopic (exact) mass is 355 g/mol. The predicted molar refractivity (Wildman–Crippen MR) is 98.1 cm³/mol. The molecule has 1 aromatic heterocycles. The van der Waals surface area contributed by atoms with E-state index in [0.717, 1.165) is 31.4 Å². The second-order valence-electron chi connectivity index (χ2n) is 6.68. The van der Waals surface area contributed by atoms with Gasteiger partial charge in [-0.15, -0.1) is 0 Å². The Bertz CT molecular complexity index is 702. The number of ether oxygens (including phenoxy) is 1. The van der Waals surface area contributed by atoms with Crippen LogP contribution in [-0.2, 0) is 9.53 Å². The average molecular weight is 355 g/mol. The van der Waals surface area contributed by atoms with Crippen LogP contribution in [0.3, 0.4) is 0 Å². The summed E-state index contributed by atoms with van der Waals surface area (Å²) in [6, 6.07) is 8.96. The van der Waals surface area contributed by atoms with Crippen molar-refractivity contribution < 1.29 is 14.3 Å². The third kappa shape index (κ3) is 5.18. The highest BCUT2D eigenvalue weighted by Gasteiger charge is 2.16. The summed E-state index contributed by atoms with van der Waals surface area (Å²) in [5.41, 5.74) is 1.27. The lowest BCUT2D eigenvalue weighted by Gasteiger charge is -2.20. The maximum absolute atomic E-state index is 12.1. The van der Waals surface area contributed by atoms with Crippen molar-refractivity contribution >= 4 is 11.9 Å². The highest BCUT2D eigenvalue weighted by atomic mass is 16.5. The maximum Gasteiger partial charge on any atom is 0.338 e. The van der Waals surface area contributed by atoms with Gasteiger partial charge in [-0.1, -0.05) is 32.1 Å². The molecule has 0 unspecified atom stereocenters. The Labute approximate surface area is 153 Å². The summed E-state index contributed by atoms with van der Waals surface area (Å²) in [6.45, 7) is -0.240. The van der Waals surface area contributed by atoms with E-state index in [4.69, 9.17) is 4.74 Å². The van der Waals surface area contributed by atoms with Crippen molar-refractivity contribution in [2.75, 3.05) is 6.61 Å². The first-order valence-corrected chi connectivity index (χ1v) is 9.29. The lowest BCUT2D eigenvalue weighted by atomic mass is 9.97. The maximum atomic E-state index is 12.1. The third-order valence-electron chi connectivity index (χ3n) is 4.68. The molecule has 0 atom stereocenters. The smallest absolute Gasteiger partial charge is 0.338 e. The van der Waals surface area contributed by atoms with E-state index in [9.17, 15) is 9.59 Å². The molecule has 6 heteroatoms. The van der Waals surface area contributed by atoms with Crippen molar-refractivity contribution in [1.29, 1.82) is 0 Å². The Morgan fingerprint density at radius 2 is 1.77 bits per heavy atom. The summed E-state index contributed by atoms with van der Waals surface area (Å²) in [6.07, 6.45) is 11.6. The van der Waals surface area contributed by atoms with Gasteiger partial charge in [-0.05, 0) is 43.2 Å². The molecular weight excluding hydrogens is 330 g/mol. The van der Waals surface area contributed by atoms with E-state index in [0.29, 0.717) is 5.56 Å². The Kier molecular flexibility index (Phi) is 6.41. The molecule has 0 aliphatic heterocycles. The SMILES string of the molecule is O=C(COC(=O)c1ccc(-n2cccn2)cc1)NC1CCCCCCC1. The van der Waals surface area contributed by atoms with Crippen LogP contribution in [-0.4, -0.2) is 34.3 Å². The van der Waals surface area contributed by atoms with Gasteiger partial charge in [0.1, 0.15) is 0 Å². The third-order valence-corrected chi connectivity index (χ3v) is 4.68. The number of nitrogens with one attached hydrogen (secondary N) is 1. The van der Waals surface area contributed by atoms with E-state index in [1.807, 2.05) is 12.3 Å². The van der Waals surface area contributed by atoms with Crippen LogP contribution in [0.15, 0.2) is 42.7 Å². The minimum atomic E-state index is -0.496. The number of hydrogen-bond acceptors (Lipinski definition) is 4. The molecule has 0 radical (unpaired) electrons. The number of carbonyl (C=O) groups is 2. The quantitative estimate of drug-likeness (QED) is 0.836. The molecule has 6 nitrogen and oxygen atoms in total. The Morgan fingerprint density at radius 1 is 1.08 bits per heavy atom. The average Bonchev–Trinajstić information content (AvgIpc) is 3.17. The summed E-state index contributed by atoms with van der Waals surface area (Å²) >= 11 is 0. The lowest BCUT2D eigenvalue weighted by Crippen LogP contribution is -2.38. The van der Waals surface area contributed by atoms with Gasteiger partial charge >= 0.3 is 5.97 Å². The molecule has 3 rings (SSSR count). The fourth-order valence-electron chi connectivity index (χ4n) is 3.26. The molecule has 1 aliphatic rings. The molecule has 0 spiro atoms. The Morgan fingerprint density at radius 3 is 2.42 bits per heavy atom. The van der Waals surface area contributed by atoms with Gasteiger partial charge in [0.25, 0.3) is 5.91 Å². The first kappa shape index (κ1) is 18.2. The number of rotatable bonds is 5. The van der Waals surface area contributed by atoms with E-state index in [-0.39, 0.29) is 18.6 Å². The first-order valence-electron chi connectivity index (χ1n) is 9.29. The van der Waals surface area contributed by atoms with Crippen molar-refractivity contribution in [1.82, 2.24) is 15.1 Å². The number of carbonyl (C=O) groups excluding carboxylic acids is 2. The van der Waals surface area contributed by atoms with Gasteiger partial charge in [-0.3, -0.25) is 4.79 Å². The summed E-state index contributed by atoms with van der Waals surface area (Å²) < 4.78 is 6.85. The lowest BCUT2D eigenvalue weighted by molar-refractivity contribution is -0.125. The topological polar surface area (TPSA) is 73.2 Å². The van der Waals surface area contributed by atoms with Crippen LogP contribution in [0.2, 0.25) is 0 Å².